The largest absolute Gasteiger partial charge is 0.481 e. The Bertz CT molecular complexity index is 708. The van der Waals surface area contributed by atoms with Crippen LogP contribution < -0.4 is 14.8 Å². The van der Waals surface area contributed by atoms with Gasteiger partial charge in [-0.25, -0.2) is 9.78 Å². The fourth-order valence-corrected chi connectivity index (χ4v) is 2.64. The highest BCUT2D eigenvalue weighted by molar-refractivity contribution is 5.71. The zero-order valence-corrected chi connectivity index (χ0v) is 15.1. The maximum absolute atomic E-state index is 11.2. The van der Waals surface area contributed by atoms with Crippen LogP contribution in [0, 0.1) is 13.8 Å². The summed E-state index contributed by atoms with van der Waals surface area (Å²) in [5.74, 6) is 0.965. The van der Waals surface area contributed by atoms with Crippen LogP contribution in [0.15, 0.2) is 30.5 Å². The molecule has 0 radical (unpaired) electrons. The number of hydrogen-bond acceptors (Lipinski definition) is 6. The van der Waals surface area contributed by atoms with Crippen LogP contribution >= 0.6 is 0 Å². The molecule has 1 aromatic heterocycles. The Labute approximate surface area is 148 Å². The molecule has 2 rings (SSSR count). The Morgan fingerprint density at radius 2 is 1.88 bits per heavy atom. The molecule has 0 spiro atoms. The third-order valence-corrected chi connectivity index (χ3v) is 3.77. The number of nitrogens with zero attached hydrogens (tertiary/aromatic N) is 1. The summed E-state index contributed by atoms with van der Waals surface area (Å²) in [5.41, 5.74) is 4.12. The lowest BCUT2D eigenvalue weighted by atomic mass is 10.1. The van der Waals surface area contributed by atoms with Gasteiger partial charge in [-0.05, 0) is 36.6 Å². The fourth-order valence-electron chi connectivity index (χ4n) is 2.64. The molecule has 0 saturated heterocycles. The first-order valence-electron chi connectivity index (χ1n) is 8.03. The number of aryl methyl sites for hydroxylation is 2. The number of carbonyl (C=O) groups is 1. The van der Waals surface area contributed by atoms with Gasteiger partial charge >= 0.3 is 5.97 Å². The van der Waals surface area contributed by atoms with Gasteiger partial charge in [-0.3, -0.25) is 0 Å². The van der Waals surface area contributed by atoms with Crippen molar-refractivity contribution in [3.8, 4) is 11.6 Å². The molecule has 0 saturated carbocycles. The molecule has 1 N–H and O–H groups in total. The summed E-state index contributed by atoms with van der Waals surface area (Å²) in [6.45, 7) is 5.21. The average molecular weight is 344 g/mol. The first kappa shape index (κ1) is 18.7. The van der Waals surface area contributed by atoms with Gasteiger partial charge in [0.15, 0.2) is 6.61 Å². The average Bonchev–Trinajstić information content (AvgIpc) is 2.61. The van der Waals surface area contributed by atoms with E-state index in [9.17, 15) is 4.79 Å². The minimum atomic E-state index is -0.394. The molecule has 2 aromatic rings. The van der Waals surface area contributed by atoms with Gasteiger partial charge in [0.2, 0.25) is 5.88 Å². The molecule has 0 aliphatic rings. The van der Waals surface area contributed by atoms with Crippen molar-refractivity contribution >= 4 is 5.97 Å². The fraction of sp³-hybridized carbons (Fsp3) is 0.368. The van der Waals surface area contributed by atoms with Gasteiger partial charge in [-0.15, -0.1) is 0 Å². The molecule has 6 nitrogen and oxygen atoms in total. The molecule has 0 atom stereocenters. The quantitative estimate of drug-likeness (QED) is 0.742. The number of methoxy groups -OCH3 is 2. The maximum Gasteiger partial charge on any atom is 0.343 e. The van der Waals surface area contributed by atoms with Gasteiger partial charge in [0.25, 0.3) is 0 Å². The third-order valence-electron chi connectivity index (χ3n) is 3.77. The van der Waals surface area contributed by atoms with E-state index in [1.165, 1.54) is 7.11 Å². The van der Waals surface area contributed by atoms with Crippen molar-refractivity contribution in [3.63, 3.8) is 0 Å². The molecule has 0 aliphatic carbocycles. The second-order valence-corrected chi connectivity index (χ2v) is 5.70. The van der Waals surface area contributed by atoms with Crippen LogP contribution in [0.5, 0.6) is 11.6 Å². The van der Waals surface area contributed by atoms with Gasteiger partial charge in [-0.1, -0.05) is 18.2 Å². The van der Waals surface area contributed by atoms with Gasteiger partial charge in [0.05, 0.1) is 14.2 Å². The third kappa shape index (κ3) is 5.19. The molecule has 0 unspecified atom stereocenters. The smallest absolute Gasteiger partial charge is 0.343 e. The predicted octanol–water partition coefficient (Wildman–Crippen LogP) is 2.55. The molecule has 0 amide bonds. The molecule has 1 aromatic carbocycles. The first-order valence-corrected chi connectivity index (χ1v) is 8.03. The maximum atomic E-state index is 11.2. The summed E-state index contributed by atoms with van der Waals surface area (Å²) in [5, 5.41) is 3.39. The van der Waals surface area contributed by atoms with E-state index in [0.29, 0.717) is 19.0 Å². The van der Waals surface area contributed by atoms with Crippen LogP contribution in [0.1, 0.15) is 22.3 Å². The number of pyridine rings is 1. The van der Waals surface area contributed by atoms with E-state index in [2.05, 4.69) is 15.0 Å². The van der Waals surface area contributed by atoms with Gasteiger partial charge in [-0.2, -0.15) is 0 Å². The van der Waals surface area contributed by atoms with Gasteiger partial charge in [0, 0.05) is 24.8 Å². The topological polar surface area (TPSA) is 69.7 Å². The summed E-state index contributed by atoms with van der Waals surface area (Å²) in [6.07, 6.45) is 1.71. The Morgan fingerprint density at radius 3 is 2.52 bits per heavy atom. The minimum Gasteiger partial charge on any atom is -0.481 e. The lowest BCUT2D eigenvalue weighted by Gasteiger charge is -2.14. The van der Waals surface area contributed by atoms with Crippen molar-refractivity contribution in [2.75, 3.05) is 20.8 Å². The Hall–Kier alpha value is -2.60. The Balaban J connectivity index is 1.97. The number of aromatic nitrogens is 1. The molecule has 0 fully saturated rings. The van der Waals surface area contributed by atoms with Crippen LogP contribution in [0.25, 0.3) is 0 Å². The Kier molecular flexibility index (Phi) is 6.77. The normalized spacial score (nSPS) is 10.4. The predicted molar refractivity (Wildman–Crippen MR) is 94.8 cm³/mol. The second-order valence-electron chi connectivity index (χ2n) is 5.70. The van der Waals surface area contributed by atoms with Crippen LogP contribution in [-0.4, -0.2) is 31.8 Å². The summed E-state index contributed by atoms with van der Waals surface area (Å²) in [4.78, 5) is 15.4. The molecule has 0 aliphatic heterocycles. The van der Waals surface area contributed by atoms with E-state index in [1.54, 1.807) is 13.3 Å². The van der Waals surface area contributed by atoms with Crippen molar-refractivity contribution < 1.29 is 19.0 Å². The number of rotatable bonds is 8. The van der Waals surface area contributed by atoms with E-state index in [0.717, 1.165) is 28.0 Å². The summed E-state index contributed by atoms with van der Waals surface area (Å²) in [7, 11) is 2.96. The summed E-state index contributed by atoms with van der Waals surface area (Å²) in [6, 6.07) is 7.97. The molecular weight excluding hydrogens is 320 g/mol. The SMILES string of the molecule is COC(=O)COc1c(C)cc(CNCc2cccnc2OC)cc1C. The molecule has 25 heavy (non-hydrogen) atoms. The highest BCUT2D eigenvalue weighted by atomic mass is 16.6. The van der Waals surface area contributed by atoms with Crippen molar-refractivity contribution in [2.24, 2.45) is 0 Å². The van der Waals surface area contributed by atoms with Crippen molar-refractivity contribution in [1.82, 2.24) is 10.3 Å². The molecule has 1 heterocycles. The van der Waals surface area contributed by atoms with Gasteiger partial charge in [0.1, 0.15) is 5.75 Å². The standard InChI is InChI=1S/C19H24N2O4/c1-13-8-15(9-14(2)18(13)25-12-17(22)23-3)10-20-11-16-6-5-7-21-19(16)24-4/h5-9,20H,10-12H2,1-4H3. The lowest BCUT2D eigenvalue weighted by Crippen LogP contribution is -2.15. The van der Waals surface area contributed by atoms with E-state index >= 15 is 0 Å². The number of carbonyl (C=O) groups excluding carboxylic acids is 1. The first-order chi connectivity index (χ1) is 12.0. The van der Waals surface area contributed by atoms with Crippen molar-refractivity contribution in [2.45, 2.75) is 26.9 Å². The van der Waals surface area contributed by atoms with E-state index in [4.69, 9.17) is 9.47 Å². The number of esters is 1. The number of benzene rings is 1. The molecule has 134 valence electrons. The van der Waals surface area contributed by atoms with Crippen LogP contribution in [0.3, 0.4) is 0 Å². The van der Waals surface area contributed by atoms with E-state index in [1.807, 2.05) is 38.1 Å². The van der Waals surface area contributed by atoms with Crippen molar-refractivity contribution in [1.29, 1.82) is 0 Å². The van der Waals surface area contributed by atoms with Crippen LogP contribution in [0.4, 0.5) is 0 Å². The molecular formula is C19H24N2O4. The zero-order chi connectivity index (χ0) is 18.2. The van der Waals surface area contributed by atoms with E-state index in [-0.39, 0.29) is 6.61 Å². The minimum absolute atomic E-state index is 0.0867. The number of nitrogens with one attached hydrogen (secondary N) is 1. The van der Waals surface area contributed by atoms with Crippen LogP contribution in [0.2, 0.25) is 0 Å². The molecule has 6 heteroatoms. The summed E-state index contributed by atoms with van der Waals surface area (Å²) < 4.78 is 15.4. The number of ether oxygens (including phenoxy) is 3. The number of hydrogen-bond donors (Lipinski definition) is 1. The highest BCUT2D eigenvalue weighted by Crippen LogP contribution is 2.25. The zero-order valence-electron chi connectivity index (χ0n) is 15.1. The van der Waals surface area contributed by atoms with Gasteiger partial charge < -0.3 is 19.5 Å². The Morgan fingerprint density at radius 1 is 1.16 bits per heavy atom. The second kappa shape index (κ2) is 9.03. The van der Waals surface area contributed by atoms with Crippen molar-refractivity contribution in [3.05, 3.63) is 52.7 Å². The van der Waals surface area contributed by atoms with Crippen LogP contribution in [-0.2, 0) is 22.6 Å². The highest BCUT2D eigenvalue weighted by Gasteiger charge is 2.10. The molecule has 0 bridgehead atoms. The lowest BCUT2D eigenvalue weighted by molar-refractivity contribution is -0.142. The summed E-state index contributed by atoms with van der Waals surface area (Å²) >= 11 is 0. The van der Waals surface area contributed by atoms with E-state index < -0.39 is 5.97 Å². The monoisotopic (exact) mass is 344 g/mol.